The Balaban J connectivity index is -0.000000425. The average Bonchev–Trinajstić information content (AvgIpc) is 2.90. The second-order valence-corrected chi connectivity index (χ2v) is 6.79. The van der Waals surface area contributed by atoms with Crippen LogP contribution < -0.4 is 5.73 Å². The summed E-state index contributed by atoms with van der Waals surface area (Å²) in [6.45, 7) is 18.5. The van der Waals surface area contributed by atoms with E-state index >= 15 is 0 Å². The molecule has 0 unspecified atom stereocenters. The zero-order chi connectivity index (χ0) is 25.4. The Kier molecular flexibility index (Phi) is 26.3. The van der Waals surface area contributed by atoms with E-state index in [-0.39, 0.29) is 5.75 Å². The Morgan fingerprint density at radius 2 is 1.34 bits per heavy atom. The van der Waals surface area contributed by atoms with E-state index in [1.165, 1.54) is 50.8 Å². The Morgan fingerprint density at radius 3 is 1.72 bits per heavy atom. The second-order valence-electron chi connectivity index (χ2n) is 6.79. The minimum absolute atomic E-state index is 0.0417. The van der Waals surface area contributed by atoms with Crippen LogP contribution in [0.2, 0.25) is 0 Å². The largest absolute Gasteiger partial charge is 0.507 e. The number of nitrogens with two attached hydrogens (primary N) is 1. The number of hydrogen-bond acceptors (Lipinski definition) is 3. The highest BCUT2D eigenvalue weighted by molar-refractivity contribution is 5.41. The van der Waals surface area contributed by atoms with Crippen molar-refractivity contribution in [3.05, 3.63) is 78.4 Å². The monoisotopic (exact) mass is 440 g/mol. The van der Waals surface area contributed by atoms with Crippen molar-refractivity contribution in [3.63, 3.8) is 0 Å². The summed E-state index contributed by atoms with van der Waals surface area (Å²) in [5.41, 5.74) is 7.85. The maximum atomic E-state index is 8.89. The molecule has 0 amide bonds. The molecule has 32 heavy (non-hydrogen) atoms. The molecule has 1 aliphatic rings. The summed E-state index contributed by atoms with van der Waals surface area (Å²) in [6.07, 6.45) is 7.11. The van der Waals surface area contributed by atoms with Gasteiger partial charge >= 0.3 is 0 Å². The third-order valence-corrected chi connectivity index (χ3v) is 4.70. The zero-order valence-corrected chi connectivity index (χ0v) is 21.7. The summed E-state index contributed by atoms with van der Waals surface area (Å²) in [4.78, 5) is 0. The van der Waals surface area contributed by atoms with Gasteiger partial charge in [-0.1, -0.05) is 97.2 Å². The number of aromatic hydroxyl groups is 1. The maximum absolute atomic E-state index is 8.89. The molecule has 0 saturated heterocycles. The van der Waals surface area contributed by atoms with E-state index in [4.69, 9.17) is 10.4 Å². The molecule has 1 aliphatic carbocycles. The fourth-order valence-corrected chi connectivity index (χ4v) is 3.16. The SMILES string of the molecule is C=C.CC.CC.CC(C)c1ccc(C2CCCCC2)cc1.CN.N#Cc1ccccc1O. The van der Waals surface area contributed by atoms with E-state index in [1.54, 1.807) is 23.8 Å². The summed E-state index contributed by atoms with van der Waals surface area (Å²) < 4.78 is 0. The number of benzene rings is 2. The number of phenolic OH excluding ortho intramolecular Hbond substituents is 1. The quantitative estimate of drug-likeness (QED) is 0.459. The maximum Gasteiger partial charge on any atom is 0.133 e. The average molecular weight is 441 g/mol. The van der Waals surface area contributed by atoms with Gasteiger partial charge in [-0.25, -0.2) is 0 Å². The molecule has 0 radical (unpaired) electrons. The predicted octanol–water partition coefficient (Wildman–Crippen LogP) is 8.55. The van der Waals surface area contributed by atoms with Gasteiger partial charge in [-0.3, -0.25) is 0 Å². The van der Waals surface area contributed by atoms with Crippen molar-refractivity contribution in [3.8, 4) is 11.8 Å². The first-order valence-electron chi connectivity index (χ1n) is 12.0. The number of para-hydroxylation sites is 1. The van der Waals surface area contributed by atoms with Crippen LogP contribution in [0.3, 0.4) is 0 Å². The molecule has 1 saturated carbocycles. The van der Waals surface area contributed by atoms with Gasteiger partial charge in [0.05, 0.1) is 5.56 Å². The molecule has 3 N–H and O–H groups in total. The summed E-state index contributed by atoms with van der Waals surface area (Å²) >= 11 is 0. The molecule has 0 heterocycles. The predicted molar refractivity (Wildman–Crippen MR) is 143 cm³/mol. The van der Waals surface area contributed by atoms with E-state index in [0.717, 1.165) is 5.92 Å². The summed E-state index contributed by atoms with van der Waals surface area (Å²) in [5, 5.41) is 17.2. The van der Waals surface area contributed by atoms with Crippen molar-refractivity contribution in [1.29, 1.82) is 5.26 Å². The fraction of sp³-hybridized carbons (Fsp3) is 0.483. The third-order valence-electron chi connectivity index (χ3n) is 4.70. The van der Waals surface area contributed by atoms with Crippen LogP contribution in [0.4, 0.5) is 0 Å². The standard InChI is InChI=1S/C15H22.C7H5NO.2C2H6.C2H4.CH5N/c1-12(2)13-8-10-15(11-9-13)14-6-4-3-5-7-14;8-5-6-3-1-2-4-7(6)9;4*1-2/h8-12,14H,3-7H2,1-2H3;1-4,9H;2*1-2H3;1-2H2;2H2,1H3. The smallest absolute Gasteiger partial charge is 0.133 e. The lowest BCUT2D eigenvalue weighted by Crippen LogP contribution is -2.04. The van der Waals surface area contributed by atoms with Crippen molar-refractivity contribution in [2.75, 3.05) is 7.05 Å². The summed E-state index contributed by atoms with van der Waals surface area (Å²) in [5.74, 6) is 1.55. The third kappa shape index (κ3) is 14.4. The number of hydrogen-bond donors (Lipinski definition) is 2. The van der Waals surface area contributed by atoms with Gasteiger partial charge in [0.25, 0.3) is 0 Å². The van der Waals surface area contributed by atoms with E-state index in [0.29, 0.717) is 11.5 Å². The van der Waals surface area contributed by atoms with Gasteiger partial charge < -0.3 is 10.8 Å². The second kappa shape index (κ2) is 24.7. The zero-order valence-electron chi connectivity index (χ0n) is 21.7. The lowest BCUT2D eigenvalue weighted by molar-refractivity contribution is 0.443. The molecule has 0 spiro atoms. The fourth-order valence-electron chi connectivity index (χ4n) is 3.16. The van der Waals surface area contributed by atoms with Gasteiger partial charge in [0.15, 0.2) is 0 Å². The van der Waals surface area contributed by atoms with E-state index in [1.807, 2.05) is 33.8 Å². The van der Waals surface area contributed by atoms with Crippen molar-refractivity contribution in [2.24, 2.45) is 5.73 Å². The van der Waals surface area contributed by atoms with Crippen LogP contribution in [-0.2, 0) is 0 Å². The highest BCUT2D eigenvalue weighted by Crippen LogP contribution is 2.33. The number of rotatable bonds is 2. The van der Waals surface area contributed by atoms with E-state index in [2.05, 4.69) is 57.0 Å². The first-order valence-corrected chi connectivity index (χ1v) is 12.0. The molecule has 3 heteroatoms. The molecular formula is C29H48N2O. The topological polar surface area (TPSA) is 70.0 Å². The first kappa shape index (κ1) is 34.1. The molecule has 0 aliphatic heterocycles. The van der Waals surface area contributed by atoms with Crippen molar-refractivity contribution in [2.45, 2.75) is 85.5 Å². The van der Waals surface area contributed by atoms with Crippen molar-refractivity contribution < 1.29 is 5.11 Å². The normalized spacial score (nSPS) is 11.6. The molecule has 0 bridgehead atoms. The summed E-state index contributed by atoms with van der Waals surface area (Å²) in [6, 6.07) is 17.6. The Morgan fingerprint density at radius 1 is 0.875 bits per heavy atom. The Hall–Kier alpha value is -2.57. The van der Waals surface area contributed by atoms with Gasteiger partial charge in [-0.05, 0) is 55.0 Å². The molecule has 0 atom stereocenters. The molecule has 0 aromatic heterocycles. The molecular weight excluding hydrogens is 392 g/mol. The lowest BCUT2D eigenvalue weighted by Gasteiger charge is -2.22. The van der Waals surface area contributed by atoms with Crippen molar-refractivity contribution >= 4 is 0 Å². The molecule has 180 valence electrons. The number of phenols is 1. The van der Waals surface area contributed by atoms with E-state index in [9.17, 15) is 0 Å². The van der Waals surface area contributed by atoms with Gasteiger partial charge in [0.1, 0.15) is 11.8 Å². The van der Waals surface area contributed by atoms with Crippen LogP contribution in [0.5, 0.6) is 5.75 Å². The minimum atomic E-state index is 0.0417. The number of nitriles is 1. The van der Waals surface area contributed by atoms with Crippen LogP contribution in [0.25, 0.3) is 0 Å². The van der Waals surface area contributed by atoms with Crippen molar-refractivity contribution in [1.82, 2.24) is 0 Å². The van der Waals surface area contributed by atoms with Crippen LogP contribution in [0, 0.1) is 11.3 Å². The molecule has 2 aromatic carbocycles. The molecule has 1 fully saturated rings. The van der Waals surface area contributed by atoms with Crippen LogP contribution in [0.15, 0.2) is 61.7 Å². The number of nitrogens with zero attached hydrogens (tertiary/aromatic N) is 1. The highest BCUT2D eigenvalue weighted by Gasteiger charge is 2.15. The van der Waals surface area contributed by atoms with Crippen LogP contribution >= 0.6 is 0 Å². The highest BCUT2D eigenvalue weighted by atomic mass is 16.3. The first-order chi connectivity index (χ1) is 15.6. The summed E-state index contributed by atoms with van der Waals surface area (Å²) in [7, 11) is 1.50. The van der Waals surface area contributed by atoms with Gasteiger partial charge in [0, 0.05) is 0 Å². The lowest BCUT2D eigenvalue weighted by atomic mass is 9.83. The van der Waals surface area contributed by atoms with Gasteiger partial charge in [0.2, 0.25) is 0 Å². The van der Waals surface area contributed by atoms with Crippen LogP contribution in [0.1, 0.15) is 102 Å². The Bertz CT molecular complexity index is 681. The molecule has 3 nitrogen and oxygen atoms in total. The Labute approximate surface area is 199 Å². The van der Waals surface area contributed by atoms with Gasteiger partial charge in [-0.2, -0.15) is 5.26 Å². The molecule has 3 rings (SSSR count). The van der Waals surface area contributed by atoms with Gasteiger partial charge in [-0.15, -0.1) is 13.2 Å². The molecule has 2 aromatic rings. The van der Waals surface area contributed by atoms with Crippen LogP contribution in [-0.4, -0.2) is 12.2 Å². The van der Waals surface area contributed by atoms with E-state index < -0.39 is 0 Å². The minimum Gasteiger partial charge on any atom is -0.507 e.